The van der Waals surface area contributed by atoms with E-state index in [0.29, 0.717) is 17.7 Å². The number of halogens is 5. The summed E-state index contributed by atoms with van der Waals surface area (Å²) >= 11 is 0. The number of hydrogen-bond acceptors (Lipinski definition) is 5. The Hall–Kier alpha value is -2.80. The number of carbonyl (C=O) groups is 3. The molecule has 1 atom stereocenters. The Kier molecular flexibility index (Phi) is 8.08. The highest BCUT2D eigenvalue weighted by atomic mass is 19.4. The van der Waals surface area contributed by atoms with E-state index in [1.807, 2.05) is 0 Å². The van der Waals surface area contributed by atoms with E-state index in [0.717, 1.165) is 18.6 Å². The zero-order valence-corrected chi connectivity index (χ0v) is 18.1. The summed E-state index contributed by atoms with van der Waals surface area (Å²) in [7, 11) is 0. The molecule has 0 aromatic heterocycles. The van der Waals surface area contributed by atoms with Crippen LogP contribution >= 0.6 is 0 Å². The molecule has 13 heteroatoms. The van der Waals surface area contributed by atoms with Crippen molar-refractivity contribution in [2.75, 3.05) is 43.1 Å². The summed E-state index contributed by atoms with van der Waals surface area (Å²) in [5, 5.41) is 2.13. The molecule has 8 nitrogen and oxygen atoms in total. The molecule has 1 aliphatic heterocycles. The van der Waals surface area contributed by atoms with Gasteiger partial charge in [0.2, 0.25) is 5.91 Å². The van der Waals surface area contributed by atoms with Crippen LogP contribution in [0.5, 0.6) is 0 Å². The fourth-order valence-corrected chi connectivity index (χ4v) is 3.98. The number of ether oxygens (including phenoxy) is 1. The first-order valence-corrected chi connectivity index (χ1v) is 10.7. The molecular weight excluding hydrogens is 467 g/mol. The fourth-order valence-electron chi connectivity index (χ4n) is 3.98. The van der Waals surface area contributed by atoms with Crippen LogP contribution in [-0.2, 0) is 19.1 Å². The van der Waals surface area contributed by atoms with Gasteiger partial charge in [0.25, 0.3) is 18.2 Å². The molecule has 0 unspecified atom stereocenters. The van der Waals surface area contributed by atoms with Crippen LogP contribution in [0.3, 0.4) is 0 Å². The van der Waals surface area contributed by atoms with E-state index < -0.39 is 54.2 Å². The summed E-state index contributed by atoms with van der Waals surface area (Å²) in [5.74, 6) is -3.13. The van der Waals surface area contributed by atoms with Gasteiger partial charge in [0, 0.05) is 30.0 Å². The lowest BCUT2D eigenvalue weighted by atomic mass is 9.84. The van der Waals surface area contributed by atoms with Crippen LogP contribution in [-0.4, -0.2) is 67.7 Å². The molecule has 0 radical (unpaired) electrons. The van der Waals surface area contributed by atoms with E-state index >= 15 is 0 Å². The molecule has 3 amide bonds. The number of anilines is 2. The highest BCUT2D eigenvalue weighted by Crippen LogP contribution is 2.33. The van der Waals surface area contributed by atoms with Gasteiger partial charge in [-0.05, 0) is 37.0 Å². The number of carbonyl (C=O) groups excluding carboxylic acids is 3. The lowest BCUT2D eigenvalue weighted by Crippen LogP contribution is -2.56. The summed E-state index contributed by atoms with van der Waals surface area (Å²) in [6, 6.07) is 1.42. The summed E-state index contributed by atoms with van der Waals surface area (Å²) in [4.78, 5) is 38.7. The van der Waals surface area contributed by atoms with Crippen LogP contribution in [0, 0.1) is 5.92 Å². The van der Waals surface area contributed by atoms with E-state index in [9.17, 15) is 36.3 Å². The molecule has 34 heavy (non-hydrogen) atoms. The molecule has 1 heterocycles. The van der Waals surface area contributed by atoms with Crippen molar-refractivity contribution in [3.05, 3.63) is 23.8 Å². The van der Waals surface area contributed by atoms with Crippen LogP contribution in [0.4, 0.5) is 33.3 Å². The maximum Gasteiger partial charge on any atom is 0.401 e. The second kappa shape index (κ2) is 10.6. The first-order chi connectivity index (χ1) is 16.0. The maximum atomic E-state index is 13.8. The molecule has 1 aromatic carbocycles. The number of nitrogens with zero attached hydrogens (tertiary/aromatic N) is 2. The van der Waals surface area contributed by atoms with Gasteiger partial charge in [0.05, 0.1) is 13.2 Å². The Balaban J connectivity index is 1.85. The fraction of sp³-hybridized carbons (Fsp3) is 0.571. The Morgan fingerprint density at radius 1 is 1.26 bits per heavy atom. The minimum absolute atomic E-state index is 0.126. The molecule has 2 fully saturated rings. The van der Waals surface area contributed by atoms with Crippen LogP contribution < -0.4 is 16.0 Å². The maximum absolute atomic E-state index is 13.8. The van der Waals surface area contributed by atoms with Gasteiger partial charge in [0.15, 0.2) is 6.04 Å². The van der Waals surface area contributed by atoms with Crippen molar-refractivity contribution in [2.24, 2.45) is 11.7 Å². The molecule has 1 aromatic rings. The van der Waals surface area contributed by atoms with Gasteiger partial charge in [0.1, 0.15) is 6.61 Å². The molecule has 1 saturated heterocycles. The minimum atomic E-state index is -4.71. The van der Waals surface area contributed by atoms with Crippen molar-refractivity contribution in [1.29, 1.82) is 0 Å². The monoisotopic (exact) mass is 492 g/mol. The number of primary amides is 1. The number of benzene rings is 1. The van der Waals surface area contributed by atoms with E-state index in [2.05, 4.69) is 5.32 Å². The van der Waals surface area contributed by atoms with Gasteiger partial charge in [-0.1, -0.05) is 6.42 Å². The van der Waals surface area contributed by atoms with Crippen LogP contribution in [0.15, 0.2) is 18.2 Å². The van der Waals surface area contributed by atoms with Gasteiger partial charge in [-0.15, -0.1) is 0 Å². The molecule has 2 aliphatic rings. The number of nitrogens with two attached hydrogens (primary N) is 1. The Labute approximate surface area is 192 Å². The standard InChI is InChI=1S/C21H25F5N4O4/c22-18(23)14-8-13(30-6-7-34-10-16(30)31)4-5-15(14)28-20(33)17(19(27)32)29(11-21(24,25)26)9-12-2-1-3-12/h4-5,8,12,17-18H,1-3,6-7,9-11H2,(H2,27,32)(H,28,33)/t17-/m1/s1. The van der Waals surface area contributed by atoms with Crippen molar-refractivity contribution in [3.8, 4) is 0 Å². The molecular formula is C21H25F5N4O4. The third-order valence-electron chi connectivity index (χ3n) is 5.81. The van der Waals surface area contributed by atoms with Gasteiger partial charge < -0.3 is 20.7 Å². The lowest BCUT2D eigenvalue weighted by Gasteiger charge is -2.35. The topological polar surface area (TPSA) is 105 Å². The average Bonchev–Trinajstić information content (AvgIpc) is 2.70. The van der Waals surface area contributed by atoms with Crippen LogP contribution in [0.25, 0.3) is 0 Å². The first kappa shape index (κ1) is 25.8. The molecule has 0 bridgehead atoms. The van der Waals surface area contributed by atoms with Crippen molar-refractivity contribution in [3.63, 3.8) is 0 Å². The normalized spacial score (nSPS) is 18.2. The molecule has 1 aliphatic carbocycles. The molecule has 3 rings (SSSR count). The second-order valence-electron chi connectivity index (χ2n) is 8.31. The average molecular weight is 492 g/mol. The van der Waals surface area contributed by atoms with Gasteiger partial charge >= 0.3 is 6.18 Å². The minimum Gasteiger partial charge on any atom is -0.370 e. The molecule has 3 N–H and O–H groups in total. The molecule has 1 saturated carbocycles. The zero-order valence-electron chi connectivity index (χ0n) is 18.1. The van der Waals surface area contributed by atoms with E-state index in [1.54, 1.807) is 0 Å². The van der Waals surface area contributed by atoms with Crippen LogP contribution in [0.2, 0.25) is 0 Å². The molecule has 188 valence electrons. The zero-order chi connectivity index (χ0) is 25.0. The summed E-state index contributed by atoms with van der Waals surface area (Å²) in [5.41, 5.74) is 4.36. The summed E-state index contributed by atoms with van der Waals surface area (Å²) < 4.78 is 72.0. The Morgan fingerprint density at radius 2 is 1.97 bits per heavy atom. The van der Waals surface area contributed by atoms with Gasteiger partial charge in [-0.2, -0.15) is 13.2 Å². The quantitative estimate of drug-likeness (QED) is 0.407. The third kappa shape index (κ3) is 6.41. The summed E-state index contributed by atoms with van der Waals surface area (Å²) in [6.45, 7) is -1.58. The van der Waals surface area contributed by atoms with Crippen molar-refractivity contribution >= 4 is 29.1 Å². The smallest absolute Gasteiger partial charge is 0.370 e. The Morgan fingerprint density at radius 3 is 2.50 bits per heavy atom. The molecule has 0 spiro atoms. The number of alkyl halides is 5. The van der Waals surface area contributed by atoms with Gasteiger partial charge in [-0.3, -0.25) is 19.3 Å². The highest BCUT2D eigenvalue weighted by Gasteiger charge is 2.41. The first-order valence-electron chi connectivity index (χ1n) is 10.7. The number of rotatable bonds is 9. The van der Waals surface area contributed by atoms with Crippen molar-refractivity contribution in [1.82, 2.24) is 4.90 Å². The van der Waals surface area contributed by atoms with Crippen LogP contribution in [0.1, 0.15) is 31.3 Å². The highest BCUT2D eigenvalue weighted by molar-refractivity contribution is 6.10. The van der Waals surface area contributed by atoms with E-state index in [1.165, 1.54) is 11.0 Å². The van der Waals surface area contributed by atoms with Crippen molar-refractivity contribution < 1.29 is 41.1 Å². The van der Waals surface area contributed by atoms with Crippen molar-refractivity contribution in [2.45, 2.75) is 37.9 Å². The predicted octanol–water partition coefficient (Wildman–Crippen LogP) is 2.44. The van der Waals surface area contributed by atoms with Gasteiger partial charge in [-0.25, -0.2) is 8.78 Å². The number of nitrogens with one attached hydrogen (secondary N) is 1. The largest absolute Gasteiger partial charge is 0.401 e. The van der Waals surface area contributed by atoms with E-state index in [4.69, 9.17) is 10.5 Å². The lowest BCUT2D eigenvalue weighted by molar-refractivity contribution is -0.159. The Bertz CT molecular complexity index is 923. The predicted molar refractivity (Wildman–Crippen MR) is 111 cm³/mol. The van der Waals surface area contributed by atoms with E-state index in [-0.39, 0.29) is 37.9 Å². The third-order valence-corrected chi connectivity index (χ3v) is 5.81. The second-order valence-corrected chi connectivity index (χ2v) is 8.31. The number of amides is 3. The summed E-state index contributed by atoms with van der Waals surface area (Å²) in [6.07, 6.45) is -5.66. The number of hydrogen-bond donors (Lipinski definition) is 2. The SMILES string of the molecule is NC(=O)[C@H](C(=O)Nc1ccc(N2CCOCC2=O)cc1C(F)F)N(CC1CCC1)CC(F)(F)F. The number of morpholine rings is 1.